The van der Waals surface area contributed by atoms with E-state index in [1.165, 1.54) is 0 Å². The molecular formula is C15H23NO3. The highest BCUT2D eigenvalue weighted by atomic mass is 16.5. The first-order chi connectivity index (χ1) is 9.05. The Morgan fingerprint density at radius 2 is 1.84 bits per heavy atom. The van der Waals surface area contributed by atoms with Crippen LogP contribution in [0.1, 0.15) is 32.8 Å². The van der Waals surface area contributed by atoms with Crippen LogP contribution in [0.3, 0.4) is 0 Å². The summed E-state index contributed by atoms with van der Waals surface area (Å²) >= 11 is 0. The summed E-state index contributed by atoms with van der Waals surface area (Å²) in [6.07, 6.45) is 0.297. The van der Waals surface area contributed by atoms with Gasteiger partial charge < -0.3 is 14.8 Å². The Bertz CT molecular complexity index is 402. The van der Waals surface area contributed by atoms with Crippen LogP contribution in [-0.4, -0.2) is 26.2 Å². The molecule has 4 heteroatoms. The number of hydrogen-bond donors (Lipinski definition) is 1. The molecule has 0 amide bonds. The lowest BCUT2D eigenvalue weighted by molar-refractivity contribution is -0.144. The molecule has 19 heavy (non-hydrogen) atoms. The molecule has 0 heterocycles. The van der Waals surface area contributed by atoms with E-state index in [4.69, 9.17) is 9.47 Å². The molecule has 0 fully saturated rings. The van der Waals surface area contributed by atoms with E-state index in [-0.39, 0.29) is 5.97 Å². The zero-order valence-electron chi connectivity index (χ0n) is 12.2. The third-order valence-electron chi connectivity index (χ3n) is 3.16. The van der Waals surface area contributed by atoms with E-state index in [0.717, 1.165) is 11.3 Å². The normalized spacial score (nSPS) is 13.7. The molecule has 1 unspecified atom stereocenters. The number of esters is 1. The molecule has 1 rings (SSSR count). The molecule has 1 aromatic carbocycles. The van der Waals surface area contributed by atoms with Crippen LogP contribution >= 0.6 is 0 Å². The number of carbonyl (C=O) groups is 1. The zero-order valence-corrected chi connectivity index (χ0v) is 12.2. The smallest absolute Gasteiger partial charge is 0.307 e. The number of benzene rings is 1. The lowest BCUT2D eigenvalue weighted by Crippen LogP contribution is -2.39. The van der Waals surface area contributed by atoms with Crippen LogP contribution in [0.2, 0.25) is 0 Å². The summed E-state index contributed by atoms with van der Waals surface area (Å²) < 4.78 is 10.4. The van der Waals surface area contributed by atoms with E-state index in [1.54, 1.807) is 0 Å². The number of ether oxygens (including phenoxy) is 2. The van der Waals surface area contributed by atoms with Gasteiger partial charge in [-0.05, 0) is 45.5 Å². The van der Waals surface area contributed by atoms with E-state index in [9.17, 15) is 4.79 Å². The molecule has 0 spiro atoms. The highest BCUT2D eigenvalue weighted by Crippen LogP contribution is 2.26. The lowest BCUT2D eigenvalue weighted by Gasteiger charge is -2.29. The summed E-state index contributed by atoms with van der Waals surface area (Å²) in [5.41, 5.74) is 0.600. The van der Waals surface area contributed by atoms with Gasteiger partial charge in [0.25, 0.3) is 0 Å². The summed E-state index contributed by atoms with van der Waals surface area (Å²) in [5, 5.41) is 3.19. The molecule has 0 radical (unpaired) electrons. The molecule has 0 saturated carbocycles. The van der Waals surface area contributed by atoms with Crippen molar-refractivity contribution in [2.75, 3.05) is 20.3 Å². The van der Waals surface area contributed by atoms with Gasteiger partial charge in [-0.2, -0.15) is 0 Å². The Hall–Kier alpha value is -1.55. The fourth-order valence-corrected chi connectivity index (χ4v) is 1.92. The van der Waals surface area contributed by atoms with Crippen molar-refractivity contribution in [1.29, 1.82) is 0 Å². The van der Waals surface area contributed by atoms with Crippen molar-refractivity contribution in [1.82, 2.24) is 5.32 Å². The van der Waals surface area contributed by atoms with Crippen LogP contribution in [0.15, 0.2) is 24.3 Å². The molecule has 0 saturated heterocycles. The topological polar surface area (TPSA) is 47.6 Å². The van der Waals surface area contributed by atoms with E-state index < -0.39 is 5.54 Å². The number of nitrogens with one attached hydrogen (secondary N) is 1. The van der Waals surface area contributed by atoms with Crippen LogP contribution in [0.4, 0.5) is 0 Å². The highest BCUT2D eigenvalue weighted by Gasteiger charge is 2.28. The lowest BCUT2D eigenvalue weighted by atomic mass is 9.89. The number of hydrogen-bond acceptors (Lipinski definition) is 4. The van der Waals surface area contributed by atoms with Crippen molar-refractivity contribution in [2.24, 2.45) is 0 Å². The van der Waals surface area contributed by atoms with Crippen molar-refractivity contribution >= 4 is 5.97 Å². The quantitative estimate of drug-likeness (QED) is 0.769. The molecule has 4 nitrogen and oxygen atoms in total. The minimum atomic E-state index is -0.434. The van der Waals surface area contributed by atoms with Gasteiger partial charge in [-0.25, -0.2) is 0 Å². The predicted octanol–water partition coefficient (Wildman–Crippen LogP) is 2.47. The van der Waals surface area contributed by atoms with E-state index in [0.29, 0.717) is 19.6 Å². The van der Waals surface area contributed by atoms with Gasteiger partial charge in [0.2, 0.25) is 0 Å². The first-order valence-electron chi connectivity index (χ1n) is 6.63. The summed E-state index contributed by atoms with van der Waals surface area (Å²) in [6, 6.07) is 7.78. The van der Waals surface area contributed by atoms with Gasteiger partial charge in [0.1, 0.15) is 5.75 Å². The van der Waals surface area contributed by atoms with Crippen LogP contribution in [-0.2, 0) is 15.1 Å². The standard InChI is InChI=1S/C15H23NO3/c1-5-18-13-9-7-12(8-10-13)15(3,16-4)11-14(17)19-6-2/h7-10,16H,5-6,11H2,1-4H3. The number of carbonyl (C=O) groups excluding carboxylic acids is 1. The minimum Gasteiger partial charge on any atom is -0.494 e. The molecular weight excluding hydrogens is 242 g/mol. The van der Waals surface area contributed by atoms with Crippen molar-refractivity contribution in [3.63, 3.8) is 0 Å². The van der Waals surface area contributed by atoms with Gasteiger partial charge in [-0.1, -0.05) is 12.1 Å². The van der Waals surface area contributed by atoms with Crippen LogP contribution in [0, 0.1) is 0 Å². The van der Waals surface area contributed by atoms with Crippen LogP contribution < -0.4 is 10.1 Å². The van der Waals surface area contributed by atoms with Crippen molar-refractivity contribution in [2.45, 2.75) is 32.7 Å². The maximum Gasteiger partial charge on any atom is 0.307 e. The summed E-state index contributed by atoms with van der Waals surface area (Å²) in [7, 11) is 1.84. The molecule has 1 N–H and O–H groups in total. The molecule has 1 atom stereocenters. The summed E-state index contributed by atoms with van der Waals surface area (Å²) in [5.74, 6) is 0.633. The van der Waals surface area contributed by atoms with Crippen LogP contribution in [0.5, 0.6) is 5.75 Å². The molecule has 0 aliphatic carbocycles. The van der Waals surface area contributed by atoms with Gasteiger partial charge in [-0.3, -0.25) is 4.79 Å². The van der Waals surface area contributed by atoms with Crippen molar-refractivity contribution < 1.29 is 14.3 Å². The summed E-state index contributed by atoms with van der Waals surface area (Å²) in [6.45, 7) is 6.80. The first kappa shape index (κ1) is 15.5. The molecule has 0 bridgehead atoms. The molecule has 1 aromatic rings. The second kappa shape index (κ2) is 7.14. The average Bonchev–Trinajstić information content (AvgIpc) is 2.40. The van der Waals surface area contributed by atoms with Gasteiger partial charge in [0, 0.05) is 0 Å². The van der Waals surface area contributed by atoms with E-state index in [2.05, 4.69) is 5.32 Å². The SMILES string of the molecule is CCOC(=O)CC(C)(NC)c1ccc(OCC)cc1. The predicted molar refractivity (Wildman–Crippen MR) is 75.3 cm³/mol. The fourth-order valence-electron chi connectivity index (χ4n) is 1.92. The third kappa shape index (κ3) is 4.24. The van der Waals surface area contributed by atoms with Crippen molar-refractivity contribution in [3.05, 3.63) is 29.8 Å². The Kier molecular flexibility index (Phi) is 5.83. The minimum absolute atomic E-state index is 0.201. The van der Waals surface area contributed by atoms with Gasteiger partial charge in [0.15, 0.2) is 0 Å². The molecule has 0 aliphatic rings. The van der Waals surface area contributed by atoms with Gasteiger partial charge >= 0.3 is 5.97 Å². The number of rotatable bonds is 7. The highest BCUT2D eigenvalue weighted by molar-refractivity contribution is 5.71. The Morgan fingerprint density at radius 1 is 1.21 bits per heavy atom. The first-order valence-corrected chi connectivity index (χ1v) is 6.63. The molecule has 0 aliphatic heterocycles. The van der Waals surface area contributed by atoms with Gasteiger partial charge in [-0.15, -0.1) is 0 Å². The second-order valence-electron chi connectivity index (χ2n) is 4.52. The fraction of sp³-hybridized carbons (Fsp3) is 0.533. The third-order valence-corrected chi connectivity index (χ3v) is 3.16. The van der Waals surface area contributed by atoms with Gasteiger partial charge in [0.05, 0.1) is 25.2 Å². The largest absolute Gasteiger partial charge is 0.494 e. The maximum atomic E-state index is 11.7. The Labute approximate surface area is 115 Å². The zero-order chi connectivity index (χ0) is 14.3. The molecule has 106 valence electrons. The Balaban J connectivity index is 2.85. The van der Waals surface area contributed by atoms with Crippen molar-refractivity contribution in [3.8, 4) is 5.75 Å². The monoisotopic (exact) mass is 265 g/mol. The molecule has 0 aromatic heterocycles. The van der Waals surface area contributed by atoms with E-state index >= 15 is 0 Å². The van der Waals surface area contributed by atoms with E-state index in [1.807, 2.05) is 52.1 Å². The maximum absolute atomic E-state index is 11.7. The second-order valence-corrected chi connectivity index (χ2v) is 4.52. The Morgan fingerprint density at radius 3 is 2.32 bits per heavy atom. The summed E-state index contributed by atoms with van der Waals surface area (Å²) in [4.78, 5) is 11.7. The van der Waals surface area contributed by atoms with Crippen LogP contribution in [0.25, 0.3) is 0 Å². The average molecular weight is 265 g/mol.